The quantitative estimate of drug-likeness (QED) is 0.181. The van der Waals surface area contributed by atoms with Crippen molar-refractivity contribution in [3.8, 4) is 11.7 Å². The molecule has 0 aliphatic heterocycles. The van der Waals surface area contributed by atoms with Crippen LogP contribution >= 0.6 is 25.3 Å². The van der Waals surface area contributed by atoms with E-state index in [0.29, 0.717) is 0 Å². The van der Waals surface area contributed by atoms with Gasteiger partial charge >= 0.3 is 28.2 Å². The molecule has 0 saturated carbocycles. The summed E-state index contributed by atoms with van der Waals surface area (Å²) in [5, 5.41) is 0. The van der Waals surface area contributed by atoms with Gasteiger partial charge in [0.15, 0.2) is 0 Å². The molecule has 0 aromatic heterocycles. The molecule has 0 bridgehead atoms. The summed E-state index contributed by atoms with van der Waals surface area (Å²) < 4.78 is 5.52. The van der Waals surface area contributed by atoms with Crippen LogP contribution in [0.15, 0.2) is 24.3 Å². The Bertz CT molecular complexity index is 378. The maximum absolute atomic E-state index is 6.92. The van der Waals surface area contributed by atoms with Gasteiger partial charge in [-0.2, -0.15) is 0 Å². The van der Waals surface area contributed by atoms with Crippen molar-refractivity contribution in [2.45, 2.75) is 26.2 Å². The molecule has 0 aliphatic rings. The number of halogens is 1. The van der Waals surface area contributed by atoms with Crippen LogP contribution in [0.25, 0.3) is 0 Å². The summed E-state index contributed by atoms with van der Waals surface area (Å²) in [6.07, 6.45) is 10.5. The molecule has 0 unspecified atom stereocenters. The molecule has 0 N–H and O–H groups in total. The third-order valence-electron chi connectivity index (χ3n) is 2.02. The van der Waals surface area contributed by atoms with Crippen LogP contribution in [0.2, 0.25) is 0 Å². The van der Waals surface area contributed by atoms with Crippen molar-refractivity contribution in [3.05, 3.63) is 36.3 Å². The molecular weight excluding hydrogens is 537 g/mol. The standard InChI is InChI=1S/C13H15O.2C3H9P.ClH.Pt/c1-3-5-6-11-14-13-9-7-12(4-2)8-10-13;2*1-4(2)3;;/h7-10H,3,5-6,11H2,1H3;2*1-3H3;1H;/q-1;;;;+2/p+1. The van der Waals surface area contributed by atoms with Crippen molar-refractivity contribution in [2.75, 3.05) is 46.6 Å². The third-order valence-corrected chi connectivity index (χ3v) is 2.02. The Morgan fingerprint density at radius 1 is 0.958 bits per heavy atom. The van der Waals surface area contributed by atoms with Crippen molar-refractivity contribution >= 4 is 25.3 Å². The Kier molecular flexibility index (Phi) is 28.5. The van der Waals surface area contributed by atoms with Gasteiger partial charge in [0.2, 0.25) is 0 Å². The van der Waals surface area contributed by atoms with Gasteiger partial charge in [-0.15, -0.1) is 17.7 Å². The molecule has 1 nitrogen and oxygen atoms in total. The normalized spacial score (nSPS) is 8.79. The molecule has 0 fully saturated rings. The Morgan fingerprint density at radius 3 is 1.71 bits per heavy atom. The molecule has 5 heteroatoms. The Balaban J connectivity index is -0.000000367. The topological polar surface area (TPSA) is 9.23 Å². The van der Waals surface area contributed by atoms with Crippen molar-refractivity contribution in [2.24, 2.45) is 0 Å². The van der Waals surface area contributed by atoms with E-state index >= 15 is 0 Å². The molecule has 0 spiro atoms. The number of hydrogen-bond acceptors (Lipinski definition) is 1. The van der Waals surface area contributed by atoms with Crippen molar-refractivity contribution in [1.82, 2.24) is 0 Å². The van der Waals surface area contributed by atoms with Gasteiger partial charge in [0.25, 0.3) is 0 Å². The molecule has 24 heavy (non-hydrogen) atoms. The molecule has 0 saturated heterocycles. The number of unbranched alkanes of at least 4 members (excludes halogenated alkanes) is 2. The molecular formula is C19H35ClOP2Pt+2. The Hall–Kier alpha value is 0.418. The first-order valence-electron chi connectivity index (χ1n) is 8.14. The van der Waals surface area contributed by atoms with Crippen LogP contribution in [-0.2, 0) is 18.8 Å². The molecule has 0 radical (unpaired) electrons. The molecule has 1 rings (SSSR count). The summed E-state index contributed by atoms with van der Waals surface area (Å²) in [6.45, 7) is 16.6. The van der Waals surface area contributed by atoms with Crippen molar-refractivity contribution in [1.29, 1.82) is 0 Å². The van der Waals surface area contributed by atoms with Gasteiger partial charge in [-0.3, -0.25) is 5.92 Å². The summed E-state index contributed by atoms with van der Waals surface area (Å²) in [5.74, 6) is 3.20. The van der Waals surface area contributed by atoms with Crippen LogP contribution in [0.1, 0.15) is 31.7 Å². The fourth-order valence-corrected chi connectivity index (χ4v) is 1.18. The summed E-state index contributed by atoms with van der Waals surface area (Å²) in [4.78, 5) is 0. The van der Waals surface area contributed by atoms with Crippen LogP contribution in [-0.4, -0.2) is 46.6 Å². The van der Waals surface area contributed by atoms with E-state index in [9.17, 15) is 0 Å². The monoisotopic (exact) mass is 571 g/mol. The zero-order chi connectivity index (χ0) is 19.4. The fraction of sp³-hybridized carbons (Fsp3) is 0.579. The van der Waals surface area contributed by atoms with Gasteiger partial charge in [-0.1, -0.05) is 19.8 Å². The van der Waals surface area contributed by atoms with Gasteiger partial charge in [0.1, 0.15) is 5.75 Å². The first-order chi connectivity index (χ1) is 11.3. The zero-order valence-corrected chi connectivity index (χ0v) is 21.3. The van der Waals surface area contributed by atoms with E-state index in [-0.39, 0.29) is 15.8 Å². The summed E-state index contributed by atoms with van der Waals surface area (Å²) in [6, 6.07) is 7.43. The average Bonchev–Trinajstić information content (AvgIpc) is 2.53. The number of rotatable bonds is 5. The molecule has 0 aliphatic carbocycles. The predicted octanol–water partition coefficient (Wildman–Crippen LogP) is 6.06. The fourth-order valence-electron chi connectivity index (χ4n) is 1.18. The molecule has 0 amide bonds. The second-order valence-electron chi connectivity index (χ2n) is 6.20. The maximum atomic E-state index is 6.92. The SMILES string of the molecule is C[PH+](C)C.C[PH+](C)C.[C-]#Cc1ccc(OCCCCC)cc1.[Cl][Pt+]. The Morgan fingerprint density at radius 2 is 1.38 bits per heavy atom. The van der Waals surface area contributed by atoms with Gasteiger partial charge < -0.3 is 11.2 Å². The second-order valence-corrected chi connectivity index (χ2v) is 12.2. The van der Waals surface area contributed by atoms with E-state index in [2.05, 4.69) is 62.3 Å². The van der Waals surface area contributed by atoms with E-state index in [1.54, 1.807) is 18.8 Å². The zero-order valence-electron chi connectivity index (χ0n) is 16.2. The molecule has 1 aromatic carbocycles. The third kappa shape index (κ3) is 30.3. The minimum atomic E-state index is 0.120. The average molecular weight is 572 g/mol. The molecule has 142 valence electrons. The van der Waals surface area contributed by atoms with E-state index in [0.717, 1.165) is 24.3 Å². The van der Waals surface area contributed by atoms with E-state index in [1.807, 2.05) is 24.3 Å². The summed E-state index contributed by atoms with van der Waals surface area (Å²) in [7, 11) is 4.85. The molecule has 1 aromatic rings. The van der Waals surface area contributed by atoms with E-state index < -0.39 is 0 Å². The van der Waals surface area contributed by atoms with Gasteiger partial charge in [-0.05, 0) is 34.4 Å². The number of ether oxygens (including phenoxy) is 1. The first-order valence-corrected chi connectivity index (χ1v) is 17.0. The first kappa shape index (κ1) is 29.2. The van der Waals surface area contributed by atoms with Crippen LogP contribution in [0, 0.1) is 12.3 Å². The molecule has 0 atom stereocenters. The van der Waals surface area contributed by atoms with Crippen LogP contribution in [0.3, 0.4) is 0 Å². The van der Waals surface area contributed by atoms with Crippen molar-refractivity contribution < 1.29 is 23.5 Å². The molecule has 0 heterocycles. The number of benzene rings is 1. The van der Waals surface area contributed by atoms with E-state index in [1.165, 1.54) is 12.8 Å². The van der Waals surface area contributed by atoms with Gasteiger partial charge in [0, 0.05) is 40.0 Å². The predicted molar refractivity (Wildman–Crippen MR) is 116 cm³/mol. The van der Waals surface area contributed by atoms with Crippen molar-refractivity contribution in [3.63, 3.8) is 0 Å². The number of hydrogen-bond donors (Lipinski definition) is 0. The Labute approximate surface area is 169 Å². The van der Waals surface area contributed by atoms with E-state index in [4.69, 9.17) is 11.2 Å². The minimum absolute atomic E-state index is 0.120. The van der Waals surface area contributed by atoms with Crippen LogP contribution in [0.5, 0.6) is 5.75 Å². The summed E-state index contributed by atoms with van der Waals surface area (Å²) in [5.41, 5.74) is 0.783. The van der Waals surface area contributed by atoms with Gasteiger partial charge in [0.05, 0.1) is 6.61 Å². The van der Waals surface area contributed by atoms with Crippen LogP contribution in [0.4, 0.5) is 0 Å². The summed E-state index contributed by atoms with van der Waals surface area (Å²) >= 11 is 1.61. The van der Waals surface area contributed by atoms with Crippen LogP contribution < -0.4 is 4.74 Å². The second kappa shape index (κ2) is 23.4. The van der Waals surface area contributed by atoms with Gasteiger partial charge in [-0.25, -0.2) is 0 Å².